The second kappa shape index (κ2) is 3.52. The van der Waals surface area contributed by atoms with Crippen molar-refractivity contribution >= 4 is 17.1 Å². The Morgan fingerprint density at radius 1 is 1.41 bits per heavy atom. The monoisotopic (exact) mass is 228 g/mol. The van der Waals surface area contributed by atoms with Gasteiger partial charge in [0.2, 0.25) is 6.23 Å². The minimum Gasteiger partial charge on any atom is -0.428 e. The fourth-order valence-corrected chi connectivity index (χ4v) is 1.99. The number of rotatable bonds is 1. The molecule has 1 fully saturated rings. The maximum absolute atomic E-state index is 10.9. The molecule has 5 heteroatoms. The number of hydrogen-bond donors (Lipinski definition) is 0. The third-order valence-electron chi connectivity index (χ3n) is 2.77. The van der Waals surface area contributed by atoms with Gasteiger partial charge in [-0.1, -0.05) is 6.07 Å². The molecule has 0 spiro atoms. The van der Waals surface area contributed by atoms with Crippen LogP contribution in [0.4, 0.5) is 4.79 Å². The standard InChI is InChI=1S/C12H8N2O3/c13-6-8-2-1-3-10-9(8)4-5-14(10)11-7-16-12(15)17-11/h1-5,11H,7H2. The lowest BCUT2D eigenvalue weighted by atomic mass is 10.1. The summed E-state index contributed by atoms with van der Waals surface area (Å²) in [6.45, 7) is 0.194. The summed E-state index contributed by atoms with van der Waals surface area (Å²) in [4.78, 5) is 10.9. The van der Waals surface area contributed by atoms with Gasteiger partial charge < -0.3 is 14.0 Å². The van der Waals surface area contributed by atoms with Crippen LogP contribution >= 0.6 is 0 Å². The minimum atomic E-state index is -0.659. The molecule has 0 radical (unpaired) electrons. The van der Waals surface area contributed by atoms with Gasteiger partial charge in [0.05, 0.1) is 17.1 Å². The highest BCUT2D eigenvalue weighted by molar-refractivity contribution is 5.86. The predicted molar refractivity (Wildman–Crippen MR) is 58.1 cm³/mol. The molecule has 84 valence electrons. The van der Waals surface area contributed by atoms with Crippen molar-refractivity contribution in [3.63, 3.8) is 0 Å². The first-order chi connectivity index (χ1) is 8.29. The Labute approximate surface area is 96.8 Å². The summed E-state index contributed by atoms with van der Waals surface area (Å²) in [6, 6.07) is 9.40. The Morgan fingerprint density at radius 3 is 3.00 bits per heavy atom. The number of fused-ring (bicyclic) bond motifs is 1. The molecule has 1 aliphatic rings. The average Bonchev–Trinajstić information content (AvgIpc) is 2.94. The van der Waals surface area contributed by atoms with Crippen LogP contribution in [-0.4, -0.2) is 17.3 Å². The van der Waals surface area contributed by atoms with Crippen molar-refractivity contribution in [1.29, 1.82) is 5.26 Å². The summed E-state index contributed by atoms with van der Waals surface area (Å²) >= 11 is 0. The Bertz CT molecular complexity index is 639. The number of hydrogen-bond acceptors (Lipinski definition) is 4. The molecule has 5 nitrogen and oxygen atoms in total. The van der Waals surface area contributed by atoms with Gasteiger partial charge in [0, 0.05) is 11.6 Å². The van der Waals surface area contributed by atoms with Gasteiger partial charge in [0.25, 0.3) is 0 Å². The van der Waals surface area contributed by atoms with E-state index in [0.717, 1.165) is 10.9 Å². The number of ether oxygens (including phenoxy) is 2. The SMILES string of the molecule is N#Cc1cccc2c1ccn2C1COC(=O)O1. The highest BCUT2D eigenvalue weighted by Gasteiger charge is 2.27. The van der Waals surface area contributed by atoms with Crippen molar-refractivity contribution in [2.45, 2.75) is 6.23 Å². The second-order valence-electron chi connectivity index (χ2n) is 3.71. The fraction of sp³-hybridized carbons (Fsp3) is 0.167. The zero-order valence-electron chi connectivity index (χ0n) is 8.79. The van der Waals surface area contributed by atoms with Gasteiger partial charge in [0.1, 0.15) is 0 Å². The zero-order chi connectivity index (χ0) is 11.8. The van der Waals surface area contributed by atoms with Gasteiger partial charge in [-0.05, 0) is 18.2 Å². The van der Waals surface area contributed by atoms with E-state index in [1.807, 2.05) is 12.1 Å². The number of benzene rings is 1. The first kappa shape index (κ1) is 9.73. The van der Waals surface area contributed by atoms with Crippen LogP contribution in [0.3, 0.4) is 0 Å². The quantitative estimate of drug-likeness (QED) is 0.701. The van der Waals surface area contributed by atoms with Crippen LogP contribution in [0.25, 0.3) is 10.9 Å². The van der Waals surface area contributed by atoms with Crippen molar-refractivity contribution in [3.05, 3.63) is 36.0 Å². The topological polar surface area (TPSA) is 64.2 Å². The lowest BCUT2D eigenvalue weighted by Gasteiger charge is -2.09. The van der Waals surface area contributed by atoms with Crippen LogP contribution in [0.15, 0.2) is 30.5 Å². The molecule has 1 saturated heterocycles. The van der Waals surface area contributed by atoms with Crippen LogP contribution in [0, 0.1) is 11.3 Å². The molecular weight excluding hydrogens is 220 g/mol. The number of carbonyl (C=O) groups excluding carboxylic acids is 1. The number of carbonyl (C=O) groups is 1. The molecule has 0 aliphatic carbocycles. The van der Waals surface area contributed by atoms with Crippen LogP contribution in [0.2, 0.25) is 0 Å². The lowest BCUT2D eigenvalue weighted by molar-refractivity contribution is 0.0979. The number of cyclic esters (lactones) is 2. The Kier molecular flexibility index (Phi) is 2.02. The summed E-state index contributed by atoms with van der Waals surface area (Å²) in [5.74, 6) is 0. The van der Waals surface area contributed by atoms with Crippen LogP contribution in [0.5, 0.6) is 0 Å². The molecule has 1 unspecified atom stereocenters. The van der Waals surface area contributed by atoms with E-state index in [2.05, 4.69) is 6.07 Å². The summed E-state index contributed by atoms with van der Waals surface area (Å²) in [5.41, 5.74) is 1.46. The highest BCUT2D eigenvalue weighted by atomic mass is 16.8. The molecule has 0 bridgehead atoms. The van der Waals surface area contributed by atoms with E-state index >= 15 is 0 Å². The number of nitrogens with zero attached hydrogens (tertiary/aromatic N) is 2. The highest BCUT2D eigenvalue weighted by Crippen LogP contribution is 2.26. The van der Waals surface area contributed by atoms with Crippen molar-refractivity contribution in [2.24, 2.45) is 0 Å². The molecule has 1 aromatic carbocycles. The van der Waals surface area contributed by atoms with Crippen molar-refractivity contribution in [2.75, 3.05) is 6.61 Å². The molecule has 1 atom stereocenters. The molecule has 3 rings (SSSR count). The first-order valence-electron chi connectivity index (χ1n) is 5.12. The summed E-state index contributed by atoms with van der Waals surface area (Å²) in [6.07, 6.45) is 0.681. The molecule has 0 N–H and O–H groups in total. The molecule has 17 heavy (non-hydrogen) atoms. The van der Waals surface area contributed by atoms with Gasteiger partial charge in [-0.3, -0.25) is 0 Å². The van der Waals surface area contributed by atoms with Gasteiger partial charge in [-0.15, -0.1) is 0 Å². The van der Waals surface area contributed by atoms with E-state index in [1.54, 1.807) is 22.9 Å². The first-order valence-corrected chi connectivity index (χ1v) is 5.12. The molecule has 2 heterocycles. The third-order valence-corrected chi connectivity index (χ3v) is 2.77. The minimum absolute atomic E-state index is 0.194. The third kappa shape index (κ3) is 1.42. The molecule has 2 aromatic rings. The van der Waals surface area contributed by atoms with E-state index in [4.69, 9.17) is 14.7 Å². The summed E-state index contributed by atoms with van der Waals surface area (Å²) < 4.78 is 11.5. The van der Waals surface area contributed by atoms with Crippen LogP contribution < -0.4 is 0 Å². The average molecular weight is 228 g/mol. The van der Waals surface area contributed by atoms with Gasteiger partial charge in [0.15, 0.2) is 6.61 Å². The van der Waals surface area contributed by atoms with Crippen LogP contribution in [-0.2, 0) is 9.47 Å². The normalized spacial score (nSPS) is 18.8. The van der Waals surface area contributed by atoms with E-state index in [-0.39, 0.29) is 6.61 Å². The molecule has 0 amide bonds. The Hall–Kier alpha value is -2.48. The van der Waals surface area contributed by atoms with Crippen molar-refractivity contribution < 1.29 is 14.3 Å². The van der Waals surface area contributed by atoms with Gasteiger partial charge in [-0.2, -0.15) is 5.26 Å². The Balaban J connectivity index is 2.13. The summed E-state index contributed by atoms with van der Waals surface area (Å²) in [7, 11) is 0. The van der Waals surface area contributed by atoms with E-state index in [0.29, 0.717) is 5.56 Å². The fourth-order valence-electron chi connectivity index (χ4n) is 1.99. The smallest absolute Gasteiger partial charge is 0.428 e. The molecule has 1 aliphatic heterocycles. The maximum Gasteiger partial charge on any atom is 0.510 e. The Morgan fingerprint density at radius 2 is 2.29 bits per heavy atom. The van der Waals surface area contributed by atoms with Gasteiger partial charge >= 0.3 is 6.16 Å². The summed E-state index contributed by atoms with van der Waals surface area (Å²) in [5, 5.41) is 9.83. The number of nitriles is 1. The van der Waals surface area contributed by atoms with E-state index in [9.17, 15) is 4.79 Å². The van der Waals surface area contributed by atoms with Crippen LogP contribution in [0.1, 0.15) is 11.8 Å². The largest absolute Gasteiger partial charge is 0.510 e. The molecule has 1 aromatic heterocycles. The zero-order valence-corrected chi connectivity index (χ0v) is 8.79. The van der Waals surface area contributed by atoms with E-state index in [1.165, 1.54) is 0 Å². The van der Waals surface area contributed by atoms with Crippen molar-refractivity contribution in [3.8, 4) is 6.07 Å². The molecular formula is C12H8N2O3. The van der Waals surface area contributed by atoms with Crippen molar-refractivity contribution in [1.82, 2.24) is 4.57 Å². The number of aromatic nitrogens is 1. The molecule has 0 saturated carbocycles. The maximum atomic E-state index is 10.9. The lowest BCUT2D eigenvalue weighted by Crippen LogP contribution is -2.09. The predicted octanol–water partition coefficient (Wildman–Crippen LogP) is 2.18. The van der Waals surface area contributed by atoms with Gasteiger partial charge in [-0.25, -0.2) is 4.79 Å². The van der Waals surface area contributed by atoms with E-state index < -0.39 is 12.4 Å². The second-order valence-corrected chi connectivity index (χ2v) is 3.71.